The summed E-state index contributed by atoms with van der Waals surface area (Å²) in [5, 5.41) is 0. The number of benzene rings is 3. The van der Waals surface area contributed by atoms with Crippen LogP contribution in [0, 0.1) is 5.82 Å². The van der Waals surface area contributed by atoms with E-state index in [0.29, 0.717) is 24.7 Å². The Labute approximate surface area is 188 Å². The lowest BCUT2D eigenvalue weighted by atomic mass is 10.2. The van der Waals surface area contributed by atoms with Gasteiger partial charge in [0.15, 0.2) is 11.5 Å². The van der Waals surface area contributed by atoms with E-state index in [2.05, 4.69) is 15.6 Å². The van der Waals surface area contributed by atoms with Crippen molar-refractivity contribution in [3.63, 3.8) is 0 Å². The van der Waals surface area contributed by atoms with E-state index in [-0.39, 0.29) is 21.7 Å². The fraction of sp³-hybridized carbons (Fsp3) is 0.0909. The van der Waals surface area contributed by atoms with Gasteiger partial charge in [0.1, 0.15) is 19.0 Å². The molecule has 1 heterocycles. The maximum absolute atomic E-state index is 13.0. The summed E-state index contributed by atoms with van der Waals surface area (Å²) in [7, 11) is -3.97. The van der Waals surface area contributed by atoms with Crippen molar-refractivity contribution in [3.8, 4) is 11.5 Å². The molecule has 2 amide bonds. The lowest BCUT2D eigenvalue weighted by Crippen LogP contribution is -2.41. The van der Waals surface area contributed by atoms with Gasteiger partial charge in [0, 0.05) is 22.9 Å². The Bertz CT molecular complexity index is 1310. The number of hydrazine groups is 1. The first-order valence-electron chi connectivity index (χ1n) is 9.71. The molecule has 170 valence electrons. The fourth-order valence-electron chi connectivity index (χ4n) is 2.99. The molecule has 3 aromatic rings. The summed E-state index contributed by atoms with van der Waals surface area (Å²) in [4.78, 5) is 24.4. The van der Waals surface area contributed by atoms with Gasteiger partial charge in [-0.2, -0.15) is 0 Å². The number of nitrogens with one attached hydrogen (secondary N) is 3. The van der Waals surface area contributed by atoms with Crippen LogP contribution in [0.1, 0.15) is 20.7 Å². The van der Waals surface area contributed by atoms with Crippen LogP contribution in [-0.2, 0) is 10.0 Å². The van der Waals surface area contributed by atoms with Crippen LogP contribution < -0.4 is 25.0 Å². The topological polar surface area (TPSA) is 123 Å². The summed E-state index contributed by atoms with van der Waals surface area (Å²) in [6.45, 7) is 0.704. The van der Waals surface area contributed by atoms with E-state index >= 15 is 0 Å². The quantitative estimate of drug-likeness (QED) is 0.492. The molecule has 3 N–H and O–H groups in total. The Morgan fingerprint density at radius 2 is 1.45 bits per heavy atom. The van der Waals surface area contributed by atoms with Crippen LogP contribution in [0.25, 0.3) is 0 Å². The summed E-state index contributed by atoms with van der Waals surface area (Å²) in [5.41, 5.74) is 4.83. The summed E-state index contributed by atoms with van der Waals surface area (Å²) in [5.74, 6) is -1.02. The molecule has 0 saturated heterocycles. The molecule has 0 aromatic heterocycles. The van der Waals surface area contributed by atoms with Crippen LogP contribution in [0.4, 0.5) is 10.1 Å². The molecule has 33 heavy (non-hydrogen) atoms. The zero-order valence-electron chi connectivity index (χ0n) is 17.0. The second-order valence-electron chi connectivity index (χ2n) is 6.91. The van der Waals surface area contributed by atoms with E-state index in [1.54, 1.807) is 0 Å². The van der Waals surface area contributed by atoms with Crippen LogP contribution in [-0.4, -0.2) is 33.4 Å². The lowest BCUT2D eigenvalue weighted by Gasteiger charge is -2.19. The molecule has 0 unspecified atom stereocenters. The highest BCUT2D eigenvalue weighted by Gasteiger charge is 2.20. The van der Waals surface area contributed by atoms with Crippen molar-refractivity contribution in [1.29, 1.82) is 0 Å². The Balaban J connectivity index is 1.43. The van der Waals surface area contributed by atoms with E-state index in [0.717, 1.165) is 12.1 Å². The number of ether oxygens (including phenoxy) is 2. The minimum absolute atomic E-state index is 0.0341. The molecule has 0 radical (unpaired) electrons. The Morgan fingerprint density at radius 3 is 2.18 bits per heavy atom. The summed E-state index contributed by atoms with van der Waals surface area (Å²) >= 11 is 0. The van der Waals surface area contributed by atoms with Crippen molar-refractivity contribution >= 4 is 27.5 Å². The highest BCUT2D eigenvalue weighted by atomic mass is 32.2. The Hall–Kier alpha value is -4.12. The third-order valence-electron chi connectivity index (χ3n) is 4.60. The van der Waals surface area contributed by atoms with Crippen molar-refractivity contribution < 1.29 is 31.9 Å². The maximum atomic E-state index is 13.0. The number of fused-ring (bicyclic) bond motifs is 1. The third kappa shape index (κ3) is 5.21. The molecule has 0 spiro atoms. The number of halogens is 1. The van der Waals surface area contributed by atoms with Crippen molar-refractivity contribution in [1.82, 2.24) is 10.9 Å². The molecule has 1 aliphatic heterocycles. The van der Waals surface area contributed by atoms with Gasteiger partial charge in [0.25, 0.3) is 21.8 Å². The second kappa shape index (κ2) is 9.17. The average molecular weight is 471 g/mol. The normalized spacial score (nSPS) is 12.5. The van der Waals surface area contributed by atoms with E-state index in [9.17, 15) is 22.4 Å². The molecule has 0 bridgehead atoms. The molecule has 11 heteroatoms. The van der Waals surface area contributed by atoms with Crippen LogP contribution in [0.3, 0.4) is 0 Å². The van der Waals surface area contributed by atoms with E-state index in [1.165, 1.54) is 54.6 Å². The minimum atomic E-state index is -3.97. The molecule has 9 nitrogen and oxygen atoms in total. The summed E-state index contributed by atoms with van der Waals surface area (Å²) < 4.78 is 51.7. The zero-order valence-corrected chi connectivity index (χ0v) is 17.8. The van der Waals surface area contributed by atoms with Crippen molar-refractivity contribution in [3.05, 3.63) is 83.7 Å². The molecule has 0 fully saturated rings. The standard InChI is InChI=1S/C22H18FN3O6S/c23-16-6-4-14(5-7-16)21(27)24-25-22(28)15-2-1-3-17(12-15)26-33(29,30)18-8-9-19-20(13-18)32-11-10-31-19/h1-9,12-13,26H,10-11H2,(H,24,27)(H,25,28). The van der Waals surface area contributed by atoms with Gasteiger partial charge in [-0.05, 0) is 54.6 Å². The SMILES string of the molecule is O=C(NNC(=O)c1cccc(NS(=O)(=O)c2ccc3c(c2)OCCO3)c1)c1ccc(F)cc1. The Kier molecular flexibility index (Phi) is 6.13. The van der Waals surface area contributed by atoms with Crippen LogP contribution in [0.2, 0.25) is 0 Å². The predicted octanol–water partition coefficient (Wildman–Crippen LogP) is 2.47. The molecule has 3 aromatic carbocycles. The first kappa shape index (κ1) is 22.1. The summed E-state index contributed by atoms with van der Waals surface area (Å²) in [6, 6.07) is 14.8. The van der Waals surface area contributed by atoms with Gasteiger partial charge < -0.3 is 9.47 Å². The number of carbonyl (C=O) groups is 2. The predicted molar refractivity (Wildman–Crippen MR) is 116 cm³/mol. The molecule has 1 aliphatic rings. The lowest BCUT2D eigenvalue weighted by molar-refractivity contribution is 0.0846. The van der Waals surface area contributed by atoms with Gasteiger partial charge in [-0.25, -0.2) is 12.8 Å². The number of anilines is 1. The zero-order chi connectivity index (χ0) is 23.4. The highest BCUT2D eigenvalue weighted by molar-refractivity contribution is 7.92. The average Bonchev–Trinajstić information content (AvgIpc) is 2.82. The first-order chi connectivity index (χ1) is 15.8. The van der Waals surface area contributed by atoms with Gasteiger partial charge >= 0.3 is 0 Å². The van der Waals surface area contributed by atoms with Gasteiger partial charge in [0.05, 0.1) is 4.90 Å². The largest absolute Gasteiger partial charge is 0.486 e. The maximum Gasteiger partial charge on any atom is 0.269 e. The molecule has 0 saturated carbocycles. The number of sulfonamides is 1. The minimum Gasteiger partial charge on any atom is -0.486 e. The number of hydrogen-bond donors (Lipinski definition) is 3. The van der Waals surface area contributed by atoms with E-state index in [4.69, 9.17) is 9.47 Å². The van der Waals surface area contributed by atoms with Crippen molar-refractivity contribution in [2.24, 2.45) is 0 Å². The molecule has 0 aliphatic carbocycles. The van der Waals surface area contributed by atoms with Crippen LogP contribution in [0.15, 0.2) is 71.6 Å². The number of rotatable bonds is 5. The second-order valence-corrected chi connectivity index (χ2v) is 8.59. The smallest absolute Gasteiger partial charge is 0.269 e. The number of amides is 2. The molecule has 4 rings (SSSR count). The van der Waals surface area contributed by atoms with Crippen molar-refractivity contribution in [2.45, 2.75) is 4.90 Å². The monoisotopic (exact) mass is 471 g/mol. The first-order valence-corrected chi connectivity index (χ1v) is 11.2. The van der Waals surface area contributed by atoms with Gasteiger partial charge in [-0.3, -0.25) is 25.2 Å². The number of hydrogen-bond acceptors (Lipinski definition) is 6. The van der Waals surface area contributed by atoms with Crippen LogP contribution in [0.5, 0.6) is 11.5 Å². The Morgan fingerprint density at radius 1 is 0.788 bits per heavy atom. The molecule has 0 atom stereocenters. The third-order valence-corrected chi connectivity index (χ3v) is 5.98. The molecular formula is C22H18FN3O6S. The van der Waals surface area contributed by atoms with Gasteiger partial charge in [-0.1, -0.05) is 6.07 Å². The van der Waals surface area contributed by atoms with Gasteiger partial charge in [0.2, 0.25) is 0 Å². The van der Waals surface area contributed by atoms with E-state index in [1.807, 2.05) is 0 Å². The molecular weight excluding hydrogens is 453 g/mol. The van der Waals surface area contributed by atoms with E-state index < -0.39 is 27.7 Å². The summed E-state index contributed by atoms with van der Waals surface area (Å²) in [6.07, 6.45) is 0. The van der Waals surface area contributed by atoms with Crippen molar-refractivity contribution in [2.75, 3.05) is 17.9 Å². The fourth-order valence-corrected chi connectivity index (χ4v) is 4.05. The van der Waals surface area contributed by atoms with Gasteiger partial charge in [-0.15, -0.1) is 0 Å². The number of carbonyl (C=O) groups excluding carboxylic acids is 2. The highest BCUT2D eigenvalue weighted by Crippen LogP contribution is 2.32. The van der Waals surface area contributed by atoms with Crippen LogP contribution >= 0.6 is 0 Å².